The molecular formula is C26H25F3N6O. The van der Waals surface area contributed by atoms with Crippen LogP contribution in [0.4, 0.5) is 13.2 Å². The van der Waals surface area contributed by atoms with Crippen LogP contribution in [0.3, 0.4) is 0 Å². The molecule has 1 aromatic carbocycles. The molecule has 3 aromatic heterocycles. The number of benzene rings is 1. The molecule has 0 radical (unpaired) electrons. The SMILES string of the molecule is Cc1ccc(CN2CCc3c(cc(Cn4ccnc4C)cc3-c3cn(C)nc3C(F)(F)F)C2=O)cn1. The lowest BCUT2D eigenvalue weighted by atomic mass is 9.88. The predicted octanol–water partition coefficient (Wildman–Crippen LogP) is 4.56. The van der Waals surface area contributed by atoms with Crippen molar-refractivity contribution < 1.29 is 18.0 Å². The number of rotatable bonds is 5. The van der Waals surface area contributed by atoms with Crippen molar-refractivity contribution in [3.8, 4) is 11.1 Å². The minimum Gasteiger partial charge on any atom is -0.334 e. The van der Waals surface area contributed by atoms with E-state index in [1.807, 2.05) is 30.5 Å². The minimum absolute atomic E-state index is 0.0190. The largest absolute Gasteiger partial charge is 0.435 e. The molecule has 4 aromatic rings. The van der Waals surface area contributed by atoms with Gasteiger partial charge in [-0.2, -0.15) is 18.3 Å². The van der Waals surface area contributed by atoms with Gasteiger partial charge in [0.1, 0.15) is 5.82 Å². The van der Waals surface area contributed by atoms with E-state index in [0.717, 1.165) is 17.1 Å². The standard InChI is InChI=1S/C26H25F3N6O/c1-16-4-5-18(12-31-16)13-35-8-6-20-21(23-15-33(3)32-24(23)26(27,28)29)10-19(11-22(20)25(35)36)14-34-9-7-30-17(34)2/h4-5,7,9-12,15H,6,8,13-14H2,1-3H3. The number of nitrogens with zero attached hydrogens (tertiary/aromatic N) is 6. The molecular weight excluding hydrogens is 469 g/mol. The Balaban J connectivity index is 1.61. The van der Waals surface area contributed by atoms with Crippen molar-refractivity contribution in [2.24, 2.45) is 7.05 Å². The molecule has 7 nitrogen and oxygen atoms in total. The zero-order chi connectivity index (χ0) is 25.6. The number of aromatic nitrogens is 5. The highest BCUT2D eigenvalue weighted by molar-refractivity contribution is 5.99. The van der Waals surface area contributed by atoms with Crippen LogP contribution in [-0.2, 0) is 32.7 Å². The van der Waals surface area contributed by atoms with Crippen molar-refractivity contribution in [1.82, 2.24) is 29.2 Å². The van der Waals surface area contributed by atoms with Crippen LogP contribution in [0.25, 0.3) is 11.1 Å². The van der Waals surface area contributed by atoms with E-state index in [1.54, 1.807) is 35.6 Å². The van der Waals surface area contributed by atoms with Crippen LogP contribution in [0.1, 0.15) is 44.3 Å². The second-order valence-electron chi connectivity index (χ2n) is 9.12. The molecule has 186 valence electrons. The first-order valence-corrected chi connectivity index (χ1v) is 11.6. The van der Waals surface area contributed by atoms with Gasteiger partial charge in [-0.25, -0.2) is 4.98 Å². The number of pyridine rings is 1. The van der Waals surface area contributed by atoms with Crippen LogP contribution < -0.4 is 0 Å². The molecule has 1 aliphatic rings. The molecule has 4 heterocycles. The van der Waals surface area contributed by atoms with Gasteiger partial charge in [0, 0.05) is 68.3 Å². The van der Waals surface area contributed by atoms with E-state index in [-0.39, 0.29) is 11.5 Å². The third kappa shape index (κ3) is 4.50. The van der Waals surface area contributed by atoms with Crippen LogP contribution in [0.2, 0.25) is 0 Å². The number of hydrogen-bond donors (Lipinski definition) is 0. The molecule has 0 spiro atoms. The van der Waals surface area contributed by atoms with Gasteiger partial charge in [0.05, 0.1) is 0 Å². The van der Waals surface area contributed by atoms with Crippen LogP contribution >= 0.6 is 0 Å². The molecule has 1 amide bonds. The summed E-state index contributed by atoms with van der Waals surface area (Å²) < 4.78 is 44.7. The molecule has 10 heteroatoms. The fraction of sp³-hybridized carbons (Fsp3) is 0.308. The highest BCUT2D eigenvalue weighted by atomic mass is 19.4. The summed E-state index contributed by atoms with van der Waals surface area (Å²) in [6.07, 6.45) is 2.40. The number of imidazole rings is 1. The number of fused-ring (bicyclic) bond motifs is 1. The second-order valence-corrected chi connectivity index (χ2v) is 9.12. The number of carbonyl (C=O) groups excluding carboxylic acids is 1. The summed E-state index contributed by atoms with van der Waals surface area (Å²) in [4.78, 5) is 23.9. The van der Waals surface area contributed by atoms with Gasteiger partial charge in [0.15, 0.2) is 5.69 Å². The van der Waals surface area contributed by atoms with Crippen molar-refractivity contribution in [2.45, 2.75) is 39.5 Å². The molecule has 5 rings (SSSR count). The Morgan fingerprint density at radius 2 is 1.78 bits per heavy atom. The van der Waals surface area contributed by atoms with Crippen LogP contribution in [0.5, 0.6) is 0 Å². The third-order valence-electron chi connectivity index (χ3n) is 6.47. The molecule has 1 aliphatic heterocycles. The van der Waals surface area contributed by atoms with Crippen LogP contribution in [0.15, 0.2) is 49.1 Å². The van der Waals surface area contributed by atoms with Gasteiger partial charge >= 0.3 is 6.18 Å². The van der Waals surface area contributed by atoms with Gasteiger partial charge in [0.25, 0.3) is 5.91 Å². The van der Waals surface area contributed by atoms with Crippen molar-refractivity contribution in [3.63, 3.8) is 0 Å². The number of carbonyl (C=O) groups is 1. The first-order chi connectivity index (χ1) is 17.1. The first kappa shape index (κ1) is 23.8. The smallest absolute Gasteiger partial charge is 0.334 e. The zero-order valence-electron chi connectivity index (χ0n) is 20.2. The maximum atomic E-state index is 13.9. The van der Waals surface area contributed by atoms with E-state index < -0.39 is 11.9 Å². The topological polar surface area (TPSA) is 68.8 Å². The number of hydrogen-bond acceptors (Lipinski definition) is 4. The van der Waals surface area contributed by atoms with E-state index in [1.165, 1.54) is 17.9 Å². The third-order valence-corrected chi connectivity index (χ3v) is 6.47. The fourth-order valence-electron chi connectivity index (χ4n) is 4.67. The van der Waals surface area contributed by atoms with Gasteiger partial charge in [-0.3, -0.25) is 14.5 Å². The molecule has 0 fully saturated rings. The lowest BCUT2D eigenvalue weighted by Crippen LogP contribution is -2.37. The predicted molar refractivity (Wildman–Crippen MR) is 127 cm³/mol. The molecule has 36 heavy (non-hydrogen) atoms. The molecule has 0 aliphatic carbocycles. The lowest BCUT2D eigenvalue weighted by molar-refractivity contribution is -0.140. The Morgan fingerprint density at radius 1 is 1.00 bits per heavy atom. The number of amides is 1. The maximum absolute atomic E-state index is 13.9. The van der Waals surface area contributed by atoms with E-state index in [2.05, 4.69) is 15.1 Å². The van der Waals surface area contributed by atoms with E-state index in [4.69, 9.17) is 0 Å². The molecule has 0 bridgehead atoms. The summed E-state index contributed by atoms with van der Waals surface area (Å²) in [5.41, 5.74) is 2.95. The Labute approximate surface area is 206 Å². The molecule has 0 saturated carbocycles. The molecule has 0 atom stereocenters. The molecule has 0 N–H and O–H groups in total. The van der Waals surface area contributed by atoms with Gasteiger partial charge in [-0.1, -0.05) is 6.07 Å². The average Bonchev–Trinajstić information content (AvgIpc) is 3.42. The Morgan fingerprint density at radius 3 is 2.44 bits per heavy atom. The Hall–Kier alpha value is -3.95. The van der Waals surface area contributed by atoms with Crippen molar-refractivity contribution >= 4 is 5.91 Å². The summed E-state index contributed by atoms with van der Waals surface area (Å²) in [5, 5.41) is 3.70. The second kappa shape index (κ2) is 8.92. The fourth-order valence-corrected chi connectivity index (χ4v) is 4.67. The van der Waals surface area contributed by atoms with Crippen LogP contribution in [-0.4, -0.2) is 41.7 Å². The lowest BCUT2D eigenvalue weighted by Gasteiger charge is -2.30. The quantitative estimate of drug-likeness (QED) is 0.408. The van der Waals surface area contributed by atoms with Gasteiger partial charge < -0.3 is 9.47 Å². The summed E-state index contributed by atoms with van der Waals surface area (Å²) in [7, 11) is 1.46. The Bertz CT molecular complexity index is 1440. The van der Waals surface area contributed by atoms with Crippen molar-refractivity contribution in [1.29, 1.82) is 0 Å². The summed E-state index contributed by atoms with van der Waals surface area (Å²) in [6.45, 7) is 4.90. The van der Waals surface area contributed by atoms with E-state index in [9.17, 15) is 18.0 Å². The Kier molecular flexibility index (Phi) is 5.89. The van der Waals surface area contributed by atoms with Gasteiger partial charge in [-0.05, 0) is 60.7 Å². The highest BCUT2D eigenvalue weighted by Gasteiger charge is 2.39. The first-order valence-electron chi connectivity index (χ1n) is 11.6. The van der Waals surface area contributed by atoms with Crippen molar-refractivity contribution in [2.75, 3.05) is 6.54 Å². The molecule has 0 saturated heterocycles. The van der Waals surface area contributed by atoms with Crippen molar-refractivity contribution in [3.05, 3.63) is 88.5 Å². The molecule has 0 unspecified atom stereocenters. The maximum Gasteiger partial charge on any atom is 0.435 e. The summed E-state index contributed by atoms with van der Waals surface area (Å²) >= 11 is 0. The van der Waals surface area contributed by atoms with Crippen LogP contribution in [0, 0.1) is 13.8 Å². The number of halogens is 3. The average molecular weight is 495 g/mol. The summed E-state index contributed by atoms with van der Waals surface area (Å²) in [5.74, 6) is 0.561. The number of alkyl halides is 3. The number of aryl methyl sites for hydroxylation is 3. The van der Waals surface area contributed by atoms with E-state index >= 15 is 0 Å². The van der Waals surface area contributed by atoms with Gasteiger partial charge in [-0.15, -0.1) is 0 Å². The highest BCUT2D eigenvalue weighted by Crippen LogP contribution is 2.40. The van der Waals surface area contributed by atoms with Gasteiger partial charge in [0.2, 0.25) is 0 Å². The zero-order valence-corrected chi connectivity index (χ0v) is 20.2. The minimum atomic E-state index is -4.62. The summed E-state index contributed by atoms with van der Waals surface area (Å²) in [6, 6.07) is 7.36. The normalized spacial score (nSPS) is 13.8. The monoisotopic (exact) mass is 494 g/mol. The van der Waals surface area contributed by atoms with E-state index in [0.29, 0.717) is 48.3 Å².